The van der Waals surface area contributed by atoms with Gasteiger partial charge in [0.2, 0.25) is 0 Å². The van der Waals surface area contributed by atoms with Crippen LogP contribution in [0.2, 0.25) is 0 Å². The molecule has 0 unspecified atom stereocenters. The van der Waals surface area contributed by atoms with Crippen molar-refractivity contribution in [2.75, 3.05) is 6.54 Å². The molecule has 0 saturated carbocycles. The monoisotopic (exact) mass is 307 g/mol. The second kappa shape index (κ2) is 6.97. The van der Waals surface area contributed by atoms with Crippen molar-refractivity contribution >= 4 is 11.0 Å². The topological polar surface area (TPSA) is 43.8 Å². The van der Waals surface area contributed by atoms with Crippen LogP contribution in [0.3, 0.4) is 0 Å². The van der Waals surface area contributed by atoms with Crippen molar-refractivity contribution < 1.29 is 0 Å². The maximum Gasteiger partial charge on any atom is 0.114 e. The van der Waals surface area contributed by atoms with Crippen LogP contribution in [0.25, 0.3) is 11.0 Å². The van der Waals surface area contributed by atoms with E-state index in [0.717, 1.165) is 43.7 Å². The molecule has 0 fully saturated rings. The summed E-state index contributed by atoms with van der Waals surface area (Å²) in [4.78, 5) is 4.92. The highest BCUT2D eigenvalue weighted by atomic mass is 15.1. The SMILES string of the molecule is Cc1cc2nc(Cc3ccccc3)n(CCCCN)c2cc1C. The quantitative estimate of drug-likeness (QED) is 0.700. The van der Waals surface area contributed by atoms with Gasteiger partial charge in [0.1, 0.15) is 5.82 Å². The molecule has 1 heterocycles. The van der Waals surface area contributed by atoms with Crippen LogP contribution in [0.1, 0.15) is 35.4 Å². The molecule has 2 aromatic carbocycles. The predicted molar refractivity (Wildman–Crippen MR) is 96.7 cm³/mol. The van der Waals surface area contributed by atoms with E-state index in [1.807, 2.05) is 0 Å². The predicted octanol–water partition coefficient (Wildman–Crippen LogP) is 3.98. The lowest BCUT2D eigenvalue weighted by atomic mass is 10.1. The average molecular weight is 307 g/mol. The number of rotatable bonds is 6. The minimum absolute atomic E-state index is 0.749. The molecule has 0 aliphatic carbocycles. The summed E-state index contributed by atoms with van der Waals surface area (Å²) in [5.74, 6) is 1.15. The van der Waals surface area contributed by atoms with Gasteiger partial charge in [0.25, 0.3) is 0 Å². The molecule has 0 amide bonds. The van der Waals surface area contributed by atoms with Gasteiger partial charge in [-0.1, -0.05) is 30.3 Å². The average Bonchev–Trinajstić information content (AvgIpc) is 2.86. The number of benzene rings is 2. The molecule has 2 N–H and O–H groups in total. The van der Waals surface area contributed by atoms with Gasteiger partial charge >= 0.3 is 0 Å². The normalized spacial score (nSPS) is 11.3. The fraction of sp³-hybridized carbons (Fsp3) is 0.350. The first-order chi connectivity index (χ1) is 11.2. The molecule has 0 radical (unpaired) electrons. The van der Waals surface area contributed by atoms with Gasteiger partial charge in [-0.3, -0.25) is 0 Å². The minimum Gasteiger partial charge on any atom is -0.330 e. The van der Waals surface area contributed by atoms with E-state index in [4.69, 9.17) is 10.7 Å². The Kier molecular flexibility index (Phi) is 4.77. The van der Waals surface area contributed by atoms with Gasteiger partial charge in [-0.2, -0.15) is 0 Å². The van der Waals surface area contributed by atoms with Crippen LogP contribution in [-0.4, -0.2) is 16.1 Å². The zero-order valence-electron chi connectivity index (χ0n) is 14.0. The summed E-state index contributed by atoms with van der Waals surface area (Å²) in [5.41, 5.74) is 11.9. The number of imidazole rings is 1. The maximum absolute atomic E-state index is 5.66. The summed E-state index contributed by atoms with van der Waals surface area (Å²) in [6.07, 6.45) is 3.02. The second-order valence-electron chi connectivity index (χ2n) is 6.26. The second-order valence-corrected chi connectivity index (χ2v) is 6.26. The van der Waals surface area contributed by atoms with Gasteiger partial charge in [-0.25, -0.2) is 4.98 Å². The number of nitrogens with two attached hydrogens (primary N) is 1. The number of nitrogens with zero attached hydrogens (tertiary/aromatic N) is 2. The Morgan fingerprint density at radius 2 is 1.74 bits per heavy atom. The Balaban J connectivity index is 2.02. The largest absolute Gasteiger partial charge is 0.330 e. The minimum atomic E-state index is 0.749. The van der Waals surface area contributed by atoms with Gasteiger partial charge in [0.15, 0.2) is 0 Å². The van der Waals surface area contributed by atoms with Crippen molar-refractivity contribution in [3.05, 3.63) is 65.0 Å². The third kappa shape index (κ3) is 3.45. The Morgan fingerprint density at radius 3 is 2.48 bits per heavy atom. The molecule has 23 heavy (non-hydrogen) atoms. The van der Waals surface area contributed by atoms with E-state index in [1.54, 1.807) is 0 Å². The fourth-order valence-corrected chi connectivity index (χ4v) is 3.01. The van der Waals surface area contributed by atoms with Gasteiger partial charge in [0, 0.05) is 13.0 Å². The van der Waals surface area contributed by atoms with Crippen LogP contribution >= 0.6 is 0 Å². The van der Waals surface area contributed by atoms with Crippen LogP contribution in [0.5, 0.6) is 0 Å². The van der Waals surface area contributed by atoms with Gasteiger partial charge < -0.3 is 10.3 Å². The van der Waals surface area contributed by atoms with E-state index in [-0.39, 0.29) is 0 Å². The van der Waals surface area contributed by atoms with E-state index < -0.39 is 0 Å². The first-order valence-corrected chi connectivity index (χ1v) is 8.39. The van der Waals surface area contributed by atoms with Gasteiger partial charge in [-0.05, 0) is 62.1 Å². The molecule has 3 aromatic rings. The van der Waals surface area contributed by atoms with E-state index in [9.17, 15) is 0 Å². The lowest BCUT2D eigenvalue weighted by molar-refractivity contribution is 0.607. The number of aromatic nitrogens is 2. The Morgan fingerprint density at radius 1 is 1.00 bits per heavy atom. The zero-order valence-corrected chi connectivity index (χ0v) is 14.0. The van der Waals surface area contributed by atoms with Crippen molar-refractivity contribution in [2.45, 2.75) is 39.7 Å². The van der Waals surface area contributed by atoms with Crippen molar-refractivity contribution in [3.8, 4) is 0 Å². The first kappa shape index (κ1) is 15.8. The summed E-state index contributed by atoms with van der Waals surface area (Å²) in [5, 5.41) is 0. The zero-order chi connectivity index (χ0) is 16.2. The molecule has 0 aliphatic rings. The third-order valence-corrected chi connectivity index (χ3v) is 4.48. The lowest BCUT2D eigenvalue weighted by Gasteiger charge is -2.10. The molecular weight excluding hydrogens is 282 g/mol. The molecule has 3 nitrogen and oxygen atoms in total. The van der Waals surface area contributed by atoms with Crippen LogP contribution in [0.4, 0.5) is 0 Å². The highest BCUT2D eigenvalue weighted by molar-refractivity contribution is 5.78. The van der Waals surface area contributed by atoms with Crippen molar-refractivity contribution in [1.82, 2.24) is 9.55 Å². The third-order valence-electron chi connectivity index (χ3n) is 4.48. The van der Waals surface area contributed by atoms with E-state index in [1.165, 1.54) is 22.2 Å². The van der Waals surface area contributed by atoms with Crippen LogP contribution in [-0.2, 0) is 13.0 Å². The molecule has 1 aromatic heterocycles. The molecule has 0 saturated heterocycles. The number of hydrogen-bond donors (Lipinski definition) is 1. The number of hydrogen-bond acceptors (Lipinski definition) is 2. The lowest BCUT2D eigenvalue weighted by Crippen LogP contribution is -2.07. The molecule has 3 heteroatoms. The molecule has 3 rings (SSSR count). The highest BCUT2D eigenvalue weighted by Crippen LogP contribution is 2.23. The van der Waals surface area contributed by atoms with Crippen LogP contribution < -0.4 is 5.73 Å². The van der Waals surface area contributed by atoms with Crippen LogP contribution in [0.15, 0.2) is 42.5 Å². The van der Waals surface area contributed by atoms with Gasteiger partial charge in [-0.15, -0.1) is 0 Å². The number of aryl methyl sites for hydroxylation is 3. The van der Waals surface area contributed by atoms with Crippen molar-refractivity contribution in [2.24, 2.45) is 5.73 Å². The van der Waals surface area contributed by atoms with E-state index in [0.29, 0.717) is 0 Å². The summed E-state index contributed by atoms with van der Waals surface area (Å²) in [7, 11) is 0. The molecule has 120 valence electrons. The molecule has 0 atom stereocenters. The van der Waals surface area contributed by atoms with Crippen molar-refractivity contribution in [1.29, 1.82) is 0 Å². The number of unbranched alkanes of at least 4 members (excludes halogenated alkanes) is 1. The standard InChI is InChI=1S/C20H25N3/c1-15-12-18-19(13-16(15)2)23(11-7-6-10-21)20(22-18)14-17-8-4-3-5-9-17/h3-5,8-9,12-13H,6-7,10-11,14,21H2,1-2H3. The Bertz CT molecular complexity index is 788. The van der Waals surface area contributed by atoms with E-state index in [2.05, 4.69) is 60.9 Å². The molecular formula is C20H25N3. The smallest absolute Gasteiger partial charge is 0.114 e. The van der Waals surface area contributed by atoms with Gasteiger partial charge in [0.05, 0.1) is 11.0 Å². The number of fused-ring (bicyclic) bond motifs is 1. The van der Waals surface area contributed by atoms with Crippen LogP contribution in [0, 0.1) is 13.8 Å². The summed E-state index contributed by atoms with van der Waals surface area (Å²) in [6.45, 7) is 6.05. The molecule has 0 spiro atoms. The molecule has 0 bridgehead atoms. The van der Waals surface area contributed by atoms with E-state index >= 15 is 0 Å². The Labute approximate surface area is 138 Å². The maximum atomic E-state index is 5.66. The van der Waals surface area contributed by atoms with Crippen molar-refractivity contribution in [3.63, 3.8) is 0 Å². The Hall–Kier alpha value is -2.13. The summed E-state index contributed by atoms with van der Waals surface area (Å²) >= 11 is 0. The fourth-order valence-electron chi connectivity index (χ4n) is 3.01. The summed E-state index contributed by atoms with van der Waals surface area (Å²) < 4.78 is 2.38. The highest BCUT2D eigenvalue weighted by Gasteiger charge is 2.12. The molecule has 0 aliphatic heterocycles. The summed E-state index contributed by atoms with van der Waals surface area (Å²) in [6, 6.07) is 15.0. The first-order valence-electron chi connectivity index (χ1n) is 8.39.